The highest BCUT2D eigenvalue weighted by atomic mass is 32.2. The van der Waals surface area contributed by atoms with Crippen molar-refractivity contribution >= 4 is 28.1 Å². The monoisotopic (exact) mass is 308 g/mol. The van der Waals surface area contributed by atoms with Gasteiger partial charge in [-0.1, -0.05) is 12.8 Å². The van der Waals surface area contributed by atoms with Crippen molar-refractivity contribution in [2.45, 2.75) is 38.5 Å². The standard InChI is InChI=1S/C16H24N2O2S/c17-14-7-9-15(10-8-14)18-16(19)6-3-11-21(20)12-13-4-1-2-5-13/h7-10,13H,1-6,11-12,17H2,(H,18,19). The molecule has 0 radical (unpaired) electrons. The lowest BCUT2D eigenvalue weighted by atomic mass is 10.1. The summed E-state index contributed by atoms with van der Waals surface area (Å²) in [5.41, 5.74) is 7.02. The maximum Gasteiger partial charge on any atom is 0.224 e. The average Bonchev–Trinajstić information content (AvgIpc) is 2.94. The van der Waals surface area contributed by atoms with Gasteiger partial charge in [-0.15, -0.1) is 0 Å². The van der Waals surface area contributed by atoms with E-state index in [0.29, 0.717) is 30.2 Å². The molecule has 2 rings (SSSR count). The Kier molecular flexibility index (Phi) is 6.23. The van der Waals surface area contributed by atoms with E-state index in [1.807, 2.05) is 0 Å². The van der Waals surface area contributed by atoms with E-state index < -0.39 is 10.8 Å². The molecule has 1 atom stereocenters. The van der Waals surface area contributed by atoms with Gasteiger partial charge in [-0.25, -0.2) is 0 Å². The summed E-state index contributed by atoms with van der Waals surface area (Å²) in [6.07, 6.45) is 6.12. The Labute approximate surface area is 129 Å². The second-order valence-corrected chi connectivity index (χ2v) is 7.36. The predicted octanol–water partition coefficient (Wildman–Crippen LogP) is 2.93. The first kappa shape index (κ1) is 16.0. The normalized spacial score (nSPS) is 16.8. The Balaban J connectivity index is 1.62. The van der Waals surface area contributed by atoms with Gasteiger partial charge in [0.2, 0.25) is 5.91 Å². The number of hydrogen-bond acceptors (Lipinski definition) is 3. The zero-order valence-electron chi connectivity index (χ0n) is 12.3. The van der Waals surface area contributed by atoms with Crippen LogP contribution in [-0.4, -0.2) is 21.6 Å². The van der Waals surface area contributed by atoms with Crippen LogP contribution in [0.5, 0.6) is 0 Å². The van der Waals surface area contributed by atoms with Gasteiger partial charge in [-0.3, -0.25) is 9.00 Å². The fourth-order valence-electron chi connectivity index (χ4n) is 2.71. The van der Waals surface area contributed by atoms with E-state index in [4.69, 9.17) is 5.73 Å². The summed E-state index contributed by atoms with van der Waals surface area (Å²) in [4.78, 5) is 11.8. The van der Waals surface area contributed by atoms with E-state index in [-0.39, 0.29) is 5.91 Å². The number of hydrogen-bond donors (Lipinski definition) is 2. The smallest absolute Gasteiger partial charge is 0.224 e. The first-order valence-corrected chi connectivity index (χ1v) is 9.12. The van der Waals surface area contributed by atoms with Crippen LogP contribution in [-0.2, 0) is 15.6 Å². The summed E-state index contributed by atoms with van der Waals surface area (Å²) in [5.74, 6) is 2.07. The molecule has 1 saturated carbocycles. The van der Waals surface area contributed by atoms with Crippen molar-refractivity contribution in [3.8, 4) is 0 Å². The molecule has 21 heavy (non-hydrogen) atoms. The minimum Gasteiger partial charge on any atom is -0.399 e. The number of amides is 1. The van der Waals surface area contributed by atoms with Crippen molar-refractivity contribution in [3.05, 3.63) is 24.3 Å². The first-order valence-electron chi connectivity index (χ1n) is 7.64. The second-order valence-electron chi connectivity index (χ2n) is 5.73. The van der Waals surface area contributed by atoms with Crippen molar-refractivity contribution in [3.63, 3.8) is 0 Å². The molecule has 0 aromatic heterocycles. The van der Waals surface area contributed by atoms with Crippen LogP contribution in [0.25, 0.3) is 0 Å². The number of carbonyl (C=O) groups is 1. The number of benzene rings is 1. The van der Waals surface area contributed by atoms with Gasteiger partial charge in [0.25, 0.3) is 0 Å². The third kappa shape index (κ3) is 5.87. The van der Waals surface area contributed by atoms with Gasteiger partial charge in [0, 0.05) is 40.1 Å². The highest BCUT2D eigenvalue weighted by Crippen LogP contribution is 2.25. The molecule has 1 aliphatic carbocycles. The van der Waals surface area contributed by atoms with Gasteiger partial charge in [-0.2, -0.15) is 0 Å². The lowest BCUT2D eigenvalue weighted by molar-refractivity contribution is -0.116. The molecule has 0 spiro atoms. The lowest BCUT2D eigenvalue weighted by Crippen LogP contribution is -2.15. The van der Waals surface area contributed by atoms with Gasteiger partial charge >= 0.3 is 0 Å². The summed E-state index contributed by atoms with van der Waals surface area (Å²) in [6.45, 7) is 0. The van der Waals surface area contributed by atoms with Crippen LogP contribution in [0.15, 0.2) is 24.3 Å². The summed E-state index contributed by atoms with van der Waals surface area (Å²) < 4.78 is 11.9. The molecule has 0 saturated heterocycles. The van der Waals surface area contributed by atoms with Crippen LogP contribution in [0, 0.1) is 5.92 Å². The fourth-order valence-corrected chi connectivity index (χ4v) is 4.20. The van der Waals surface area contributed by atoms with Gasteiger partial charge in [0.05, 0.1) is 0 Å². The largest absolute Gasteiger partial charge is 0.399 e. The van der Waals surface area contributed by atoms with Crippen LogP contribution in [0.3, 0.4) is 0 Å². The zero-order chi connectivity index (χ0) is 15.1. The maximum atomic E-state index is 11.9. The molecule has 5 heteroatoms. The summed E-state index contributed by atoms with van der Waals surface area (Å²) in [6, 6.07) is 7.08. The molecule has 3 N–H and O–H groups in total. The van der Waals surface area contributed by atoms with Crippen LogP contribution in [0.2, 0.25) is 0 Å². The number of nitrogen functional groups attached to an aromatic ring is 1. The van der Waals surface area contributed by atoms with Gasteiger partial charge < -0.3 is 11.1 Å². The zero-order valence-corrected chi connectivity index (χ0v) is 13.2. The minimum absolute atomic E-state index is 0.0300. The van der Waals surface area contributed by atoms with Crippen molar-refractivity contribution in [2.24, 2.45) is 5.92 Å². The Morgan fingerprint density at radius 2 is 1.90 bits per heavy atom. The van der Waals surface area contributed by atoms with Crippen LogP contribution < -0.4 is 11.1 Å². The van der Waals surface area contributed by atoms with Crippen LogP contribution >= 0.6 is 0 Å². The van der Waals surface area contributed by atoms with E-state index in [2.05, 4.69) is 5.32 Å². The molecule has 4 nitrogen and oxygen atoms in total. The SMILES string of the molecule is Nc1ccc(NC(=O)CCCS(=O)CC2CCCC2)cc1. The lowest BCUT2D eigenvalue weighted by Gasteiger charge is -2.08. The van der Waals surface area contributed by atoms with Gasteiger partial charge in [0.1, 0.15) is 0 Å². The van der Waals surface area contributed by atoms with Crippen LogP contribution in [0.4, 0.5) is 11.4 Å². The van der Waals surface area contributed by atoms with Gasteiger partial charge in [-0.05, 0) is 49.4 Å². The number of anilines is 2. The Morgan fingerprint density at radius 3 is 2.57 bits per heavy atom. The number of nitrogens with two attached hydrogens (primary N) is 1. The molecular weight excluding hydrogens is 284 g/mol. The fraction of sp³-hybridized carbons (Fsp3) is 0.562. The molecule has 1 aliphatic rings. The highest BCUT2D eigenvalue weighted by molar-refractivity contribution is 7.84. The van der Waals surface area contributed by atoms with Crippen LogP contribution in [0.1, 0.15) is 38.5 Å². The topological polar surface area (TPSA) is 72.2 Å². The molecule has 1 fully saturated rings. The molecule has 1 amide bonds. The van der Waals surface area contributed by atoms with Crippen molar-refractivity contribution < 1.29 is 9.00 Å². The molecule has 116 valence electrons. The highest BCUT2D eigenvalue weighted by Gasteiger charge is 2.17. The van der Waals surface area contributed by atoms with E-state index >= 15 is 0 Å². The number of carbonyl (C=O) groups excluding carboxylic acids is 1. The van der Waals surface area contributed by atoms with E-state index in [9.17, 15) is 9.00 Å². The minimum atomic E-state index is -0.772. The summed E-state index contributed by atoms with van der Waals surface area (Å²) in [5, 5.41) is 2.82. The number of nitrogens with one attached hydrogen (secondary N) is 1. The Morgan fingerprint density at radius 1 is 1.24 bits per heavy atom. The molecule has 0 heterocycles. The van der Waals surface area contributed by atoms with E-state index in [0.717, 1.165) is 11.4 Å². The Hall–Kier alpha value is -1.36. The first-order chi connectivity index (χ1) is 10.1. The van der Waals surface area contributed by atoms with E-state index in [1.54, 1.807) is 24.3 Å². The number of rotatable bonds is 7. The van der Waals surface area contributed by atoms with Crippen molar-refractivity contribution in [1.29, 1.82) is 0 Å². The molecule has 1 aromatic carbocycles. The average molecular weight is 308 g/mol. The summed E-state index contributed by atoms with van der Waals surface area (Å²) >= 11 is 0. The third-order valence-electron chi connectivity index (χ3n) is 3.87. The maximum absolute atomic E-state index is 11.9. The molecular formula is C16H24N2O2S. The van der Waals surface area contributed by atoms with E-state index in [1.165, 1.54) is 25.7 Å². The molecule has 1 aromatic rings. The molecule has 0 aliphatic heterocycles. The quantitative estimate of drug-likeness (QED) is 0.761. The second kappa shape index (κ2) is 8.17. The molecule has 1 unspecified atom stereocenters. The molecule has 0 bridgehead atoms. The Bertz CT molecular complexity index is 482. The third-order valence-corrected chi connectivity index (χ3v) is 5.45. The van der Waals surface area contributed by atoms with Crippen molar-refractivity contribution in [1.82, 2.24) is 0 Å². The summed E-state index contributed by atoms with van der Waals surface area (Å²) in [7, 11) is -0.772. The van der Waals surface area contributed by atoms with Crippen molar-refractivity contribution in [2.75, 3.05) is 22.6 Å². The predicted molar refractivity (Wildman–Crippen MR) is 88.6 cm³/mol. The van der Waals surface area contributed by atoms with Gasteiger partial charge in [0.15, 0.2) is 0 Å².